The summed E-state index contributed by atoms with van der Waals surface area (Å²) in [7, 11) is 0. The maximum Gasteiger partial charge on any atom is 0.276 e. The Morgan fingerprint density at radius 3 is 2.59 bits per heavy atom. The van der Waals surface area contributed by atoms with Gasteiger partial charge in [-0.3, -0.25) is 4.79 Å². The summed E-state index contributed by atoms with van der Waals surface area (Å²) in [5, 5.41) is 11.9. The zero-order valence-electron chi connectivity index (χ0n) is 17.2. The third-order valence-corrected chi connectivity index (χ3v) is 5.39. The Hall–Kier alpha value is -1.99. The molecule has 8 heteroatoms. The van der Waals surface area contributed by atoms with Gasteiger partial charge in [-0.25, -0.2) is 9.07 Å². The molecule has 2 aromatic rings. The summed E-state index contributed by atoms with van der Waals surface area (Å²) in [6, 6.07) is 6.62. The van der Waals surface area contributed by atoms with E-state index in [0.717, 1.165) is 56.5 Å². The van der Waals surface area contributed by atoms with Gasteiger partial charge in [-0.1, -0.05) is 37.1 Å². The fraction of sp³-hybridized carbons (Fsp3) is 0.571. The number of unbranched alkanes of at least 4 members (excludes halogenated alkanes) is 2. The quantitative estimate of drug-likeness (QED) is 0.654. The van der Waals surface area contributed by atoms with E-state index in [4.69, 9.17) is 0 Å². The number of aromatic nitrogens is 3. The summed E-state index contributed by atoms with van der Waals surface area (Å²) < 4.78 is 15.1. The molecular weight excluding hydrogens is 393 g/mol. The van der Waals surface area contributed by atoms with Crippen LogP contribution >= 0.6 is 12.4 Å². The number of hydrogen-bond acceptors (Lipinski definition) is 4. The standard InChI is InChI=1S/C21H30FN5O.ClH/c1-3-4-5-14-26(15-17-6-8-18(22)9-7-17)21(28)20-16(2)27(25-24-20)19-10-12-23-13-11-19;/h6-9,19,23H,3-5,10-15H2,1-2H3;1H. The lowest BCUT2D eigenvalue weighted by atomic mass is 10.1. The third kappa shape index (κ3) is 6.00. The molecule has 3 rings (SSSR count). The van der Waals surface area contributed by atoms with Crippen LogP contribution in [-0.4, -0.2) is 45.4 Å². The normalized spacial score (nSPS) is 14.4. The Balaban J connectivity index is 0.00000300. The van der Waals surface area contributed by atoms with Crippen molar-refractivity contribution in [2.45, 2.75) is 58.5 Å². The Morgan fingerprint density at radius 2 is 1.93 bits per heavy atom. The average Bonchev–Trinajstić information content (AvgIpc) is 3.10. The zero-order chi connectivity index (χ0) is 19.9. The number of carbonyl (C=O) groups is 1. The van der Waals surface area contributed by atoms with Crippen LogP contribution in [-0.2, 0) is 6.54 Å². The van der Waals surface area contributed by atoms with E-state index in [1.165, 1.54) is 12.1 Å². The summed E-state index contributed by atoms with van der Waals surface area (Å²) in [6.45, 7) is 7.09. The molecule has 1 aromatic heterocycles. The first-order chi connectivity index (χ1) is 13.6. The van der Waals surface area contributed by atoms with Gasteiger partial charge in [0.05, 0.1) is 11.7 Å². The number of amides is 1. The highest BCUT2D eigenvalue weighted by Gasteiger charge is 2.26. The van der Waals surface area contributed by atoms with E-state index in [0.29, 0.717) is 24.8 Å². The van der Waals surface area contributed by atoms with Gasteiger partial charge < -0.3 is 10.2 Å². The van der Waals surface area contributed by atoms with E-state index in [1.54, 1.807) is 12.1 Å². The molecule has 0 aliphatic carbocycles. The van der Waals surface area contributed by atoms with Gasteiger partial charge in [0.25, 0.3) is 5.91 Å². The number of nitrogens with zero attached hydrogens (tertiary/aromatic N) is 4. The van der Waals surface area contributed by atoms with Crippen molar-refractivity contribution in [2.24, 2.45) is 0 Å². The van der Waals surface area contributed by atoms with E-state index < -0.39 is 0 Å². The maximum absolute atomic E-state index is 13.3. The fourth-order valence-corrected chi connectivity index (χ4v) is 3.70. The fourth-order valence-electron chi connectivity index (χ4n) is 3.70. The molecule has 1 fully saturated rings. The summed E-state index contributed by atoms with van der Waals surface area (Å²) in [5.41, 5.74) is 2.17. The molecule has 29 heavy (non-hydrogen) atoms. The van der Waals surface area contributed by atoms with Crippen LogP contribution < -0.4 is 5.32 Å². The van der Waals surface area contributed by atoms with Gasteiger partial charge in [-0.2, -0.15) is 0 Å². The molecule has 1 amide bonds. The van der Waals surface area contributed by atoms with Gasteiger partial charge in [0.2, 0.25) is 0 Å². The number of nitrogens with one attached hydrogen (secondary N) is 1. The van der Waals surface area contributed by atoms with Gasteiger partial charge in [0.15, 0.2) is 5.69 Å². The second-order valence-electron chi connectivity index (χ2n) is 7.51. The van der Waals surface area contributed by atoms with Crippen molar-refractivity contribution in [1.82, 2.24) is 25.2 Å². The largest absolute Gasteiger partial charge is 0.333 e. The minimum absolute atomic E-state index is 0. The monoisotopic (exact) mass is 423 g/mol. The SMILES string of the molecule is CCCCCN(Cc1ccc(F)cc1)C(=O)c1nnn(C2CCNCC2)c1C.Cl. The number of hydrogen-bond donors (Lipinski definition) is 1. The molecule has 0 spiro atoms. The molecule has 0 radical (unpaired) electrons. The molecule has 1 aromatic carbocycles. The number of benzene rings is 1. The molecule has 2 heterocycles. The highest BCUT2D eigenvalue weighted by atomic mass is 35.5. The van der Waals surface area contributed by atoms with Crippen LogP contribution in [0, 0.1) is 12.7 Å². The van der Waals surface area contributed by atoms with Gasteiger partial charge >= 0.3 is 0 Å². The molecule has 0 atom stereocenters. The van der Waals surface area contributed by atoms with Crippen molar-refractivity contribution >= 4 is 18.3 Å². The Morgan fingerprint density at radius 1 is 1.24 bits per heavy atom. The number of carbonyl (C=O) groups excluding carboxylic acids is 1. The van der Waals surface area contributed by atoms with Gasteiger partial charge in [-0.05, 0) is 57.0 Å². The molecule has 1 aliphatic heterocycles. The summed E-state index contributed by atoms with van der Waals surface area (Å²) >= 11 is 0. The van der Waals surface area contributed by atoms with Gasteiger partial charge in [-0.15, -0.1) is 17.5 Å². The lowest BCUT2D eigenvalue weighted by Gasteiger charge is -2.24. The first kappa shape index (κ1) is 23.3. The highest BCUT2D eigenvalue weighted by molar-refractivity contribution is 5.93. The Kier molecular flexibility index (Phi) is 9.04. The first-order valence-corrected chi connectivity index (χ1v) is 10.3. The number of piperidine rings is 1. The van der Waals surface area contributed by atoms with E-state index in [9.17, 15) is 9.18 Å². The smallest absolute Gasteiger partial charge is 0.276 e. The third-order valence-electron chi connectivity index (χ3n) is 5.39. The first-order valence-electron chi connectivity index (χ1n) is 10.3. The van der Waals surface area contributed by atoms with E-state index in [1.807, 2.05) is 16.5 Å². The minimum Gasteiger partial charge on any atom is -0.333 e. The van der Waals surface area contributed by atoms with Crippen LogP contribution in [0.1, 0.15) is 66.8 Å². The van der Waals surface area contributed by atoms with Crippen LogP contribution in [0.15, 0.2) is 24.3 Å². The Bertz CT molecular complexity index is 774. The molecule has 0 saturated carbocycles. The van der Waals surface area contributed by atoms with Gasteiger partial charge in [0, 0.05) is 13.1 Å². The zero-order valence-corrected chi connectivity index (χ0v) is 18.1. The number of rotatable bonds is 8. The topological polar surface area (TPSA) is 63.1 Å². The van der Waals surface area contributed by atoms with Crippen LogP contribution in [0.2, 0.25) is 0 Å². The average molecular weight is 424 g/mol. The molecular formula is C21H31ClFN5O. The minimum atomic E-state index is -0.270. The van der Waals surface area contributed by atoms with Crippen molar-refractivity contribution in [3.8, 4) is 0 Å². The van der Waals surface area contributed by atoms with Crippen LogP contribution in [0.25, 0.3) is 0 Å². The molecule has 0 unspecified atom stereocenters. The van der Waals surface area contributed by atoms with Crippen LogP contribution in [0.3, 0.4) is 0 Å². The summed E-state index contributed by atoms with van der Waals surface area (Å²) in [5.74, 6) is -0.369. The molecule has 0 bridgehead atoms. The molecule has 1 N–H and O–H groups in total. The lowest BCUT2D eigenvalue weighted by Crippen LogP contribution is -2.33. The molecule has 6 nitrogen and oxygen atoms in total. The van der Waals surface area contributed by atoms with E-state index in [-0.39, 0.29) is 24.1 Å². The van der Waals surface area contributed by atoms with Crippen LogP contribution in [0.4, 0.5) is 4.39 Å². The van der Waals surface area contributed by atoms with Gasteiger partial charge in [0.1, 0.15) is 5.82 Å². The van der Waals surface area contributed by atoms with E-state index in [2.05, 4.69) is 22.6 Å². The van der Waals surface area contributed by atoms with Crippen molar-refractivity contribution in [1.29, 1.82) is 0 Å². The predicted octanol–water partition coefficient (Wildman–Crippen LogP) is 3.90. The predicted molar refractivity (Wildman–Crippen MR) is 114 cm³/mol. The summed E-state index contributed by atoms with van der Waals surface area (Å²) in [4.78, 5) is 15.1. The summed E-state index contributed by atoms with van der Waals surface area (Å²) in [6.07, 6.45) is 5.07. The van der Waals surface area contributed by atoms with Crippen LogP contribution in [0.5, 0.6) is 0 Å². The maximum atomic E-state index is 13.3. The van der Waals surface area contributed by atoms with Crippen molar-refractivity contribution in [3.63, 3.8) is 0 Å². The highest BCUT2D eigenvalue weighted by Crippen LogP contribution is 2.21. The molecule has 160 valence electrons. The molecule has 1 saturated heterocycles. The van der Waals surface area contributed by atoms with E-state index >= 15 is 0 Å². The van der Waals surface area contributed by atoms with Crippen molar-refractivity contribution < 1.29 is 9.18 Å². The number of halogens is 2. The molecule has 1 aliphatic rings. The van der Waals surface area contributed by atoms with Crippen molar-refractivity contribution in [2.75, 3.05) is 19.6 Å². The second kappa shape index (κ2) is 11.3. The second-order valence-corrected chi connectivity index (χ2v) is 7.51. The lowest BCUT2D eigenvalue weighted by molar-refractivity contribution is 0.0733. The Labute approximate surface area is 178 Å². The van der Waals surface area contributed by atoms with Crippen molar-refractivity contribution in [3.05, 3.63) is 47.0 Å².